The number of aryl methyl sites for hydroxylation is 1. The second kappa shape index (κ2) is 5.85. The van der Waals surface area contributed by atoms with Crippen molar-refractivity contribution in [3.05, 3.63) is 59.0 Å². The Balaban J connectivity index is 2.00. The maximum Gasteiger partial charge on any atom is 0.0947 e. The zero-order chi connectivity index (χ0) is 13.0. The minimum Gasteiger partial charge on any atom is -0.472 e. The summed E-state index contributed by atoms with van der Waals surface area (Å²) in [4.78, 5) is 2.27. The Labute approximate surface area is 108 Å². The van der Waals surface area contributed by atoms with Gasteiger partial charge in [-0.3, -0.25) is 4.90 Å². The van der Waals surface area contributed by atoms with Crippen molar-refractivity contribution in [2.75, 3.05) is 7.05 Å². The van der Waals surface area contributed by atoms with E-state index in [0.717, 1.165) is 13.1 Å². The van der Waals surface area contributed by atoms with E-state index in [0.29, 0.717) is 6.54 Å². The average molecular weight is 244 g/mol. The van der Waals surface area contributed by atoms with E-state index < -0.39 is 0 Å². The predicted molar refractivity (Wildman–Crippen MR) is 72.9 cm³/mol. The molecule has 2 aromatic rings. The second-order valence-corrected chi connectivity index (χ2v) is 4.77. The van der Waals surface area contributed by atoms with Gasteiger partial charge in [0.15, 0.2) is 0 Å². The number of rotatable bonds is 5. The van der Waals surface area contributed by atoms with Gasteiger partial charge >= 0.3 is 0 Å². The molecular formula is C15H20N2O. The number of nitrogens with zero attached hydrogens (tertiary/aromatic N) is 1. The van der Waals surface area contributed by atoms with Crippen LogP contribution in [0.1, 0.15) is 22.3 Å². The molecule has 0 radical (unpaired) electrons. The number of furan rings is 1. The first kappa shape index (κ1) is 12.9. The standard InChI is InChI=1S/C15H20N2O/c1-12-7-13(8-16)3-4-15(12)10-17(2)9-14-5-6-18-11-14/h3-7,11H,8-10,16H2,1-2H3. The van der Waals surface area contributed by atoms with E-state index in [1.807, 2.05) is 6.07 Å². The van der Waals surface area contributed by atoms with Crippen LogP contribution in [0.25, 0.3) is 0 Å². The molecule has 0 saturated carbocycles. The van der Waals surface area contributed by atoms with Gasteiger partial charge in [0.05, 0.1) is 12.5 Å². The van der Waals surface area contributed by atoms with Gasteiger partial charge in [-0.05, 0) is 36.7 Å². The van der Waals surface area contributed by atoms with Crippen LogP contribution >= 0.6 is 0 Å². The Morgan fingerprint density at radius 1 is 1.17 bits per heavy atom. The van der Waals surface area contributed by atoms with E-state index in [1.165, 1.54) is 22.3 Å². The molecule has 0 unspecified atom stereocenters. The van der Waals surface area contributed by atoms with Gasteiger partial charge in [0.2, 0.25) is 0 Å². The Hall–Kier alpha value is -1.58. The molecule has 1 heterocycles. The average Bonchev–Trinajstić information content (AvgIpc) is 2.84. The van der Waals surface area contributed by atoms with Gasteiger partial charge in [0.25, 0.3) is 0 Å². The van der Waals surface area contributed by atoms with Crippen LogP contribution in [0.5, 0.6) is 0 Å². The van der Waals surface area contributed by atoms with E-state index in [4.69, 9.17) is 10.2 Å². The van der Waals surface area contributed by atoms with Crippen LogP contribution in [0.4, 0.5) is 0 Å². The molecule has 3 nitrogen and oxygen atoms in total. The molecule has 0 spiro atoms. The SMILES string of the molecule is Cc1cc(CN)ccc1CN(C)Cc1ccoc1. The van der Waals surface area contributed by atoms with Crippen molar-refractivity contribution in [1.29, 1.82) is 0 Å². The number of benzene rings is 1. The van der Waals surface area contributed by atoms with Crippen molar-refractivity contribution in [1.82, 2.24) is 4.90 Å². The third kappa shape index (κ3) is 3.22. The summed E-state index contributed by atoms with van der Waals surface area (Å²) in [6.07, 6.45) is 3.51. The highest BCUT2D eigenvalue weighted by atomic mass is 16.3. The molecular weight excluding hydrogens is 224 g/mol. The topological polar surface area (TPSA) is 42.4 Å². The molecule has 1 aromatic heterocycles. The lowest BCUT2D eigenvalue weighted by Gasteiger charge is -2.17. The fourth-order valence-corrected chi connectivity index (χ4v) is 2.10. The largest absolute Gasteiger partial charge is 0.472 e. The maximum absolute atomic E-state index is 5.64. The Morgan fingerprint density at radius 2 is 2.00 bits per heavy atom. The lowest BCUT2D eigenvalue weighted by Crippen LogP contribution is -2.17. The first-order valence-electron chi connectivity index (χ1n) is 6.17. The molecule has 0 bridgehead atoms. The smallest absolute Gasteiger partial charge is 0.0947 e. The lowest BCUT2D eigenvalue weighted by atomic mass is 10.0. The Morgan fingerprint density at radius 3 is 2.61 bits per heavy atom. The third-order valence-electron chi connectivity index (χ3n) is 3.12. The highest BCUT2D eigenvalue weighted by Crippen LogP contribution is 2.14. The first-order chi connectivity index (χ1) is 8.69. The van der Waals surface area contributed by atoms with Gasteiger partial charge in [0.1, 0.15) is 0 Å². The molecule has 0 aliphatic carbocycles. The quantitative estimate of drug-likeness (QED) is 0.879. The molecule has 0 fully saturated rings. The minimum absolute atomic E-state index is 0.603. The zero-order valence-electron chi connectivity index (χ0n) is 11.0. The molecule has 18 heavy (non-hydrogen) atoms. The summed E-state index contributed by atoms with van der Waals surface area (Å²) in [5.74, 6) is 0. The van der Waals surface area contributed by atoms with Crippen molar-refractivity contribution >= 4 is 0 Å². The molecule has 0 atom stereocenters. The van der Waals surface area contributed by atoms with Crippen LogP contribution < -0.4 is 5.73 Å². The van der Waals surface area contributed by atoms with Crippen LogP contribution in [0.15, 0.2) is 41.2 Å². The van der Waals surface area contributed by atoms with Gasteiger partial charge in [-0.25, -0.2) is 0 Å². The summed E-state index contributed by atoms with van der Waals surface area (Å²) in [6.45, 7) is 4.57. The monoisotopic (exact) mass is 244 g/mol. The van der Waals surface area contributed by atoms with Gasteiger partial charge in [-0.1, -0.05) is 18.2 Å². The van der Waals surface area contributed by atoms with Crippen molar-refractivity contribution in [2.45, 2.75) is 26.6 Å². The summed E-state index contributed by atoms with van der Waals surface area (Å²) in [6, 6.07) is 8.44. The van der Waals surface area contributed by atoms with Crippen LogP contribution in [0, 0.1) is 6.92 Å². The fraction of sp³-hybridized carbons (Fsp3) is 0.333. The van der Waals surface area contributed by atoms with Crippen molar-refractivity contribution in [3.8, 4) is 0 Å². The number of nitrogens with two attached hydrogens (primary N) is 1. The van der Waals surface area contributed by atoms with E-state index in [-0.39, 0.29) is 0 Å². The molecule has 0 saturated heterocycles. The summed E-state index contributed by atoms with van der Waals surface area (Å²) in [7, 11) is 2.11. The van der Waals surface area contributed by atoms with Crippen LogP contribution in [0.2, 0.25) is 0 Å². The molecule has 2 rings (SSSR count). The van der Waals surface area contributed by atoms with E-state index in [9.17, 15) is 0 Å². The maximum atomic E-state index is 5.64. The highest BCUT2D eigenvalue weighted by Gasteiger charge is 2.05. The number of hydrogen-bond acceptors (Lipinski definition) is 3. The summed E-state index contributed by atoms with van der Waals surface area (Å²) >= 11 is 0. The van der Waals surface area contributed by atoms with Crippen molar-refractivity contribution in [3.63, 3.8) is 0 Å². The normalized spacial score (nSPS) is 11.1. The first-order valence-corrected chi connectivity index (χ1v) is 6.17. The Kier molecular flexibility index (Phi) is 4.18. The van der Waals surface area contributed by atoms with Crippen molar-refractivity contribution in [2.24, 2.45) is 5.73 Å². The van der Waals surface area contributed by atoms with Gasteiger partial charge in [-0.2, -0.15) is 0 Å². The van der Waals surface area contributed by atoms with E-state index in [1.54, 1.807) is 12.5 Å². The van der Waals surface area contributed by atoms with E-state index >= 15 is 0 Å². The summed E-state index contributed by atoms with van der Waals surface area (Å²) in [5.41, 5.74) is 10.7. The Bertz CT molecular complexity index is 491. The fourth-order valence-electron chi connectivity index (χ4n) is 2.10. The number of hydrogen-bond donors (Lipinski definition) is 1. The second-order valence-electron chi connectivity index (χ2n) is 4.77. The van der Waals surface area contributed by atoms with Gasteiger partial charge < -0.3 is 10.2 Å². The van der Waals surface area contributed by atoms with Gasteiger partial charge in [-0.15, -0.1) is 0 Å². The van der Waals surface area contributed by atoms with Gasteiger partial charge in [0, 0.05) is 25.2 Å². The molecule has 0 aliphatic heterocycles. The molecule has 96 valence electrons. The van der Waals surface area contributed by atoms with E-state index in [2.05, 4.69) is 37.1 Å². The molecule has 0 aliphatic rings. The molecule has 3 heteroatoms. The molecule has 0 amide bonds. The molecule has 2 N–H and O–H groups in total. The summed E-state index contributed by atoms with van der Waals surface area (Å²) < 4.78 is 5.08. The predicted octanol–water partition coefficient (Wildman–Crippen LogP) is 2.68. The van der Waals surface area contributed by atoms with Crippen LogP contribution in [-0.2, 0) is 19.6 Å². The van der Waals surface area contributed by atoms with Crippen LogP contribution in [-0.4, -0.2) is 11.9 Å². The highest BCUT2D eigenvalue weighted by molar-refractivity contribution is 5.31. The van der Waals surface area contributed by atoms with Crippen molar-refractivity contribution < 1.29 is 4.42 Å². The zero-order valence-corrected chi connectivity index (χ0v) is 11.0. The third-order valence-corrected chi connectivity index (χ3v) is 3.12. The lowest BCUT2D eigenvalue weighted by molar-refractivity contribution is 0.317. The molecule has 1 aromatic carbocycles. The van der Waals surface area contributed by atoms with Crippen LogP contribution in [0.3, 0.4) is 0 Å². The summed E-state index contributed by atoms with van der Waals surface area (Å²) in [5, 5.41) is 0. The minimum atomic E-state index is 0.603.